The van der Waals surface area contributed by atoms with E-state index < -0.39 is 0 Å². The number of benzene rings is 2. The summed E-state index contributed by atoms with van der Waals surface area (Å²) >= 11 is 14.7. The van der Waals surface area contributed by atoms with E-state index in [4.69, 9.17) is 32.7 Å². The van der Waals surface area contributed by atoms with Gasteiger partial charge in [0.05, 0.1) is 23.3 Å². The van der Waals surface area contributed by atoms with E-state index in [0.717, 1.165) is 47.1 Å². The number of carbonyl (C=O) groups is 1. The van der Waals surface area contributed by atoms with Gasteiger partial charge in [-0.15, -0.1) is 0 Å². The Labute approximate surface area is 203 Å². The summed E-state index contributed by atoms with van der Waals surface area (Å²) in [6.07, 6.45) is 5.30. The van der Waals surface area contributed by atoms with Gasteiger partial charge in [-0.05, 0) is 48.7 Å². The molecule has 32 heavy (non-hydrogen) atoms. The summed E-state index contributed by atoms with van der Waals surface area (Å²) < 4.78 is 10.7. The lowest BCUT2D eigenvalue weighted by Gasteiger charge is -2.25. The van der Waals surface area contributed by atoms with Crippen LogP contribution in [0.3, 0.4) is 0 Å². The Balaban J connectivity index is 1.42. The average molecular weight is 493 g/mol. The fraction of sp³-hybridized carbons (Fsp3) is 0.375. The second-order valence-electron chi connectivity index (χ2n) is 7.71. The summed E-state index contributed by atoms with van der Waals surface area (Å²) in [5, 5.41) is 4.52. The number of anilines is 1. The maximum absolute atomic E-state index is 12.3. The monoisotopic (exact) mass is 492 g/mol. The molecule has 0 saturated carbocycles. The zero-order valence-electron chi connectivity index (χ0n) is 17.7. The third-order valence-corrected chi connectivity index (χ3v) is 7.52. The molecule has 0 aliphatic carbocycles. The van der Waals surface area contributed by atoms with Crippen LogP contribution in [0.1, 0.15) is 18.4 Å². The summed E-state index contributed by atoms with van der Waals surface area (Å²) in [7, 11) is 0. The predicted molar refractivity (Wildman–Crippen MR) is 131 cm³/mol. The Kier molecular flexibility index (Phi) is 8.38. The van der Waals surface area contributed by atoms with E-state index in [1.165, 1.54) is 0 Å². The molecule has 1 N–H and O–H groups in total. The minimum Gasteiger partial charge on any atom is -0.382 e. The van der Waals surface area contributed by atoms with Gasteiger partial charge in [0.2, 0.25) is 5.91 Å². The molecule has 0 aromatic heterocycles. The fourth-order valence-corrected chi connectivity index (χ4v) is 5.14. The van der Waals surface area contributed by atoms with Crippen molar-refractivity contribution in [1.29, 1.82) is 0 Å². The maximum atomic E-state index is 12.3. The smallest absolute Gasteiger partial charge is 0.246 e. The molecule has 2 saturated heterocycles. The molecule has 0 atom stereocenters. The number of nitrogens with zero attached hydrogens (tertiary/aromatic N) is 1. The first-order valence-corrected chi connectivity index (χ1v) is 12.3. The summed E-state index contributed by atoms with van der Waals surface area (Å²) in [4.78, 5) is 16.1. The van der Waals surface area contributed by atoms with E-state index in [2.05, 4.69) is 23.5 Å². The van der Waals surface area contributed by atoms with Crippen molar-refractivity contribution in [3.05, 3.63) is 58.1 Å². The molecule has 1 amide bonds. The van der Waals surface area contributed by atoms with Crippen molar-refractivity contribution in [1.82, 2.24) is 4.90 Å². The van der Waals surface area contributed by atoms with Crippen molar-refractivity contribution in [2.75, 3.05) is 44.8 Å². The number of halogens is 2. The number of rotatable bonds is 6. The lowest BCUT2D eigenvalue weighted by atomic mass is 10.1. The first-order valence-electron chi connectivity index (χ1n) is 10.7. The van der Waals surface area contributed by atoms with Crippen LogP contribution in [0.4, 0.5) is 5.69 Å². The zero-order chi connectivity index (χ0) is 22.3. The number of ether oxygens (including phenoxy) is 2. The SMILES string of the molecule is O=C(/C=C/c1ccc(Sc2cccc(NC3CCOCC3)c2)c(Cl)c1Cl)N1CCOCC1. The summed E-state index contributed by atoms with van der Waals surface area (Å²) in [6.45, 7) is 3.97. The van der Waals surface area contributed by atoms with Gasteiger partial charge in [0.15, 0.2) is 0 Å². The number of hydrogen-bond acceptors (Lipinski definition) is 5. The number of hydrogen-bond donors (Lipinski definition) is 1. The number of carbonyl (C=O) groups excluding carboxylic acids is 1. The van der Waals surface area contributed by atoms with Crippen LogP contribution in [0.15, 0.2) is 52.3 Å². The number of morpholine rings is 1. The first kappa shape index (κ1) is 23.5. The van der Waals surface area contributed by atoms with Gasteiger partial charge in [0.25, 0.3) is 0 Å². The van der Waals surface area contributed by atoms with E-state index in [1.54, 1.807) is 28.8 Å². The third-order valence-electron chi connectivity index (χ3n) is 5.46. The van der Waals surface area contributed by atoms with Gasteiger partial charge in [0, 0.05) is 53.9 Å². The number of nitrogens with one attached hydrogen (secondary N) is 1. The van der Waals surface area contributed by atoms with E-state index in [-0.39, 0.29) is 5.91 Å². The van der Waals surface area contributed by atoms with E-state index in [0.29, 0.717) is 42.4 Å². The predicted octanol–water partition coefficient (Wildman–Crippen LogP) is 5.61. The van der Waals surface area contributed by atoms with Crippen LogP contribution >= 0.6 is 35.0 Å². The zero-order valence-corrected chi connectivity index (χ0v) is 20.0. The second-order valence-corrected chi connectivity index (χ2v) is 9.58. The molecule has 170 valence electrons. The summed E-state index contributed by atoms with van der Waals surface area (Å²) in [5.41, 5.74) is 1.81. The van der Waals surface area contributed by atoms with Crippen molar-refractivity contribution >= 4 is 52.6 Å². The highest BCUT2D eigenvalue weighted by Crippen LogP contribution is 2.40. The molecule has 2 heterocycles. The quantitative estimate of drug-likeness (QED) is 0.531. The standard InChI is InChI=1S/C24H26Cl2N2O3S/c25-23-17(5-7-22(29)28-10-14-31-15-11-28)4-6-21(24(23)26)32-20-3-1-2-19(16-20)27-18-8-12-30-13-9-18/h1-7,16,18,27H,8-15H2/b7-5+. The molecule has 2 aromatic carbocycles. The van der Waals surface area contributed by atoms with Gasteiger partial charge >= 0.3 is 0 Å². The molecule has 0 bridgehead atoms. The van der Waals surface area contributed by atoms with Gasteiger partial charge in [0.1, 0.15) is 0 Å². The Bertz CT molecular complexity index is 974. The molecule has 8 heteroatoms. The highest BCUT2D eigenvalue weighted by molar-refractivity contribution is 7.99. The Morgan fingerprint density at radius 1 is 1.03 bits per heavy atom. The van der Waals surface area contributed by atoms with E-state index in [9.17, 15) is 4.79 Å². The maximum Gasteiger partial charge on any atom is 0.246 e. The summed E-state index contributed by atoms with van der Waals surface area (Å²) in [6, 6.07) is 12.6. The largest absolute Gasteiger partial charge is 0.382 e. The third kappa shape index (κ3) is 6.21. The highest BCUT2D eigenvalue weighted by atomic mass is 35.5. The minimum atomic E-state index is -0.0483. The van der Waals surface area contributed by atoms with Crippen LogP contribution in [0.2, 0.25) is 10.0 Å². The molecule has 2 aromatic rings. The molecule has 2 aliphatic rings. The van der Waals surface area contributed by atoms with Crippen LogP contribution in [-0.4, -0.2) is 56.4 Å². The van der Waals surface area contributed by atoms with E-state index in [1.807, 2.05) is 18.2 Å². The van der Waals surface area contributed by atoms with Crippen LogP contribution < -0.4 is 5.32 Å². The van der Waals surface area contributed by atoms with Gasteiger partial charge in [-0.1, -0.05) is 47.1 Å². The molecule has 0 radical (unpaired) electrons. The Morgan fingerprint density at radius 3 is 2.56 bits per heavy atom. The molecule has 2 aliphatic heterocycles. The second kappa shape index (κ2) is 11.4. The van der Waals surface area contributed by atoms with E-state index >= 15 is 0 Å². The van der Waals surface area contributed by atoms with Crippen LogP contribution in [-0.2, 0) is 14.3 Å². The van der Waals surface area contributed by atoms with Crippen molar-refractivity contribution in [3.8, 4) is 0 Å². The normalized spacial score (nSPS) is 17.6. The van der Waals surface area contributed by atoms with Crippen molar-refractivity contribution < 1.29 is 14.3 Å². The number of amides is 1. The molecule has 4 rings (SSSR count). The molecular weight excluding hydrogens is 467 g/mol. The Hall–Kier alpha value is -1.70. The van der Waals surface area contributed by atoms with Crippen LogP contribution in [0.25, 0.3) is 6.08 Å². The Morgan fingerprint density at radius 2 is 1.78 bits per heavy atom. The van der Waals surface area contributed by atoms with Gasteiger partial charge < -0.3 is 19.7 Å². The summed E-state index contributed by atoms with van der Waals surface area (Å²) in [5.74, 6) is -0.0483. The van der Waals surface area contributed by atoms with Crippen LogP contribution in [0.5, 0.6) is 0 Å². The fourth-order valence-electron chi connectivity index (χ4n) is 3.66. The van der Waals surface area contributed by atoms with Crippen molar-refractivity contribution in [3.63, 3.8) is 0 Å². The van der Waals surface area contributed by atoms with Gasteiger partial charge in [-0.25, -0.2) is 0 Å². The molecule has 2 fully saturated rings. The van der Waals surface area contributed by atoms with Crippen LogP contribution in [0, 0.1) is 0 Å². The molecule has 0 unspecified atom stereocenters. The van der Waals surface area contributed by atoms with Gasteiger partial charge in [-0.2, -0.15) is 0 Å². The van der Waals surface area contributed by atoms with Crippen molar-refractivity contribution in [2.24, 2.45) is 0 Å². The molecule has 0 spiro atoms. The lowest BCUT2D eigenvalue weighted by molar-refractivity contribution is -0.129. The van der Waals surface area contributed by atoms with Crippen molar-refractivity contribution in [2.45, 2.75) is 28.7 Å². The average Bonchev–Trinajstić information content (AvgIpc) is 2.83. The molecular formula is C24H26Cl2N2O3S. The topological polar surface area (TPSA) is 50.8 Å². The minimum absolute atomic E-state index is 0.0483. The van der Waals surface area contributed by atoms with Gasteiger partial charge in [-0.3, -0.25) is 4.79 Å². The lowest BCUT2D eigenvalue weighted by Crippen LogP contribution is -2.39. The molecule has 5 nitrogen and oxygen atoms in total. The first-order chi connectivity index (χ1) is 15.6. The highest BCUT2D eigenvalue weighted by Gasteiger charge is 2.16.